The summed E-state index contributed by atoms with van der Waals surface area (Å²) in [7, 11) is 0. The second kappa shape index (κ2) is 8.08. The minimum atomic E-state index is -0.0779. The third kappa shape index (κ3) is 5.76. The van der Waals surface area contributed by atoms with Crippen LogP contribution in [0.4, 0.5) is 5.82 Å². The van der Waals surface area contributed by atoms with Crippen LogP contribution >= 0.6 is 0 Å². The van der Waals surface area contributed by atoms with E-state index in [-0.39, 0.29) is 5.41 Å². The number of nitrogens with zero attached hydrogens (tertiary/aromatic N) is 2. The van der Waals surface area contributed by atoms with Crippen LogP contribution in [0, 0.1) is 0 Å². The molecule has 0 saturated heterocycles. The summed E-state index contributed by atoms with van der Waals surface area (Å²) >= 11 is 0. The van der Waals surface area contributed by atoms with E-state index in [0.29, 0.717) is 12.5 Å². The molecule has 0 aliphatic carbocycles. The highest BCUT2D eigenvalue weighted by Gasteiger charge is 2.19. The zero-order valence-electron chi connectivity index (χ0n) is 13.6. The molecule has 0 aliphatic heterocycles. The Hall–Kier alpha value is -1.32. The van der Waals surface area contributed by atoms with Crippen LogP contribution in [-0.4, -0.2) is 23.1 Å². The van der Waals surface area contributed by atoms with Gasteiger partial charge in [0.25, 0.3) is 0 Å². The second-order valence-electron chi connectivity index (χ2n) is 6.15. The lowest BCUT2D eigenvalue weighted by Crippen LogP contribution is -2.18. The molecular formula is C16H29N3O. The SMILES string of the molecule is CCCCCNc1cc(OCCC)nc(C(C)(C)C)n1. The van der Waals surface area contributed by atoms with E-state index in [4.69, 9.17) is 4.74 Å². The first-order chi connectivity index (χ1) is 9.47. The van der Waals surface area contributed by atoms with Crippen molar-refractivity contribution >= 4 is 5.82 Å². The monoisotopic (exact) mass is 279 g/mol. The van der Waals surface area contributed by atoms with Crippen LogP contribution in [0.3, 0.4) is 0 Å². The zero-order valence-corrected chi connectivity index (χ0v) is 13.6. The van der Waals surface area contributed by atoms with Crippen molar-refractivity contribution in [2.24, 2.45) is 0 Å². The quantitative estimate of drug-likeness (QED) is 0.726. The summed E-state index contributed by atoms with van der Waals surface area (Å²) in [4.78, 5) is 9.12. The number of nitrogens with one attached hydrogen (secondary N) is 1. The smallest absolute Gasteiger partial charge is 0.218 e. The molecule has 20 heavy (non-hydrogen) atoms. The van der Waals surface area contributed by atoms with Gasteiger partial charge in [-0.2, -0.15) is 4.98 Å². The van der Waals surface area contributed by atoms with Gasteiger partial charge in [0, 0.05) is 18.0 Å². The Morgan fingerprint density at radius 3 is 2.45 bits per heavy atom. The molecule has 0 amide bonds. The van der Waals surface area contributed by atoms with E-state index in [1.54, 1.807) is 0 Å². The topological polar surface area (TPSA) is 47.0 Å². The van der Waals surface area contributed by atoms with Gasteiger partial charge >= 0.3 is 0 Å². The van der Waals surface area contributed by atoms with Crippen molar-refractivity contribution in [3.63, 3.8) is 0 Å². The van der Waals surface area contributed by atoms with Crippen molar-refractivity contribution < 1.29 is 4.74 Å². The molecule has 0 atom stereocenters. The van der Waals surface area contributed by atoms with Crippen LogP contribution in [0.5, 0.6) is 5.88 Å². The fraction of sp³-hybridized carbons (Fsp3) is 0.750. The maximum Gasteiger partial charge on any atom is 0.218 e. The molecule has 0 bridgehead atoms. The summed E-state index contributed by atoms with van der Waals surface area (Å²) in [5.74, 6) is 2.36. The Morgan fingerprint density at radius 1 is 1.10 bits per heavy atom. The van der Waals surface area contributed by atoms with Gasteiger partial charge in [0.15, 0.2) is 0 Å². The lowest BCUT2D eigenvalue weighted by Gasteiger charge is -2.19. The minimum absolute atomic E-state index is 0.0779. The highest BCUT2D eigenvalue weighted by Crippen LogP contribution is 2.23. The first kappa shape index (κ1) is 16.7. The zero-order chi connectivity index (χ0) is 15.0. The van der Waals surface area contributed by atoms with Gasteiger partial charge in [0.1, 0.15) is 11.6 Å². The molecule has 1 N–H and O–H groups in total. The van der Waals surface area contributed by atoms with E-state index in [2.05, 4.69) is 49.9 Å². The highest BCUT2D eigenvalue weighted by molar-refractivity contribution is 5.39. The van der Waals surface area contributed by atoms with Gasteiger partial charge < -0.3 is 10.1 Å². The van der Waals surface area contributed by atoms with E-state index in [1.807, 2.05) is 6.07 Å². The van der Waals surface area contributed by atoms with Gasteiger partial charge in [-0.15, -0.1) is 0 Å². The van der Waals surface area contributed by atoms with Crippen molar-refractivity contribution in [1.29, 1.82) is 0 Å². The van der Waals surface area contributed by atoms with Crippen molar-refractivity contribution in [2.45, 2.75) is 65.7 Å². The molecule has 0 aliphatic rings. The highest BCUT2D eigenvalue weighted by atomic mass is 16.5. The molecular weight excluding hydrogens is 250 g/mol. The van der Waals surface area contributed by atoms with Gasteiger partial charge in [0.2, 0.25) is 5.88 Å². The fourth-order valence-corrected chi connectivity index (χ4v) is 1.72. The van der Waals surface area contributed by atoms with E-state index in [1.165, 1.54) is 12.8 Å². The molecule has 4 heteroatoms. The van der Waals surface area contributed by atoms with Crippen LogP contribution in [0.15, 0.2) is 6.07 Å². The lowest BCUT2D eigenvalue weighted by molar-refractivity contribution is 0.301. The van der Waals surface area contributed by atoms with Gasteiger partial charge in [0.05, 0.1) is 6.61 Å². The third-order valence-electron chi connectivity index (χ3n) is 2.91. The van der Waals surface area contributed by atoms with Crippen molar-refractivity contribution in [3.8, 4) is 5.88 Å². The maximum atomic E-state index is 5.67. The van der Waals surface area contributed by atoms with Gasteiger partial charge in [-0.3, -0.25) is 0 Å². The molecule has 1 aromatic rings. The molecule has 1 heterocycles. The number of unbranched alkanes of at least 4 members (excludes halogenated alkanes) is 2. The molecule has 114 valence electrons. The van der Waals surface area contributed by atoms with Crippen LogP contribution in [0.2, 0.25) is 0 Å². The number of hydrogen-bond acceptors (Lipinski definition) is 4. The average molecular weight is 279 g/mol. The van der Waals surface area contributed by atoms with E-state index >= 15 is 0 Å². The minimum Gasteiger partial charge on any atom is -0.478 e. The Morgan fingerprint density at radius 2 is 1.85 bits per heavy atom. The Balaban J connectivity index is 2.80. The number of aromatic nitrogens is 2. The summed E-state index contributed by atoms with van der Waals surface area (Å²) in [6.45, 7) is 12.3. The Labute approximate surface area is 123 Å². The van der Waals surface area contributed by atoms with Crippen LogP contribution < -0.4 is 10.1 Å². The first-order valence-corrected chi connectivity index (χ1v) is 7.73. The summed E-state index contributed by atoms with van der Waals surface area (Å²) in [5, 5.41) is 3.38. The summed E-state index contributed by atoms with van der Waals surface area (Å²) in [6, 6.07) is 1.90. The van der Waals surface area contributed by atoms with Crippen LogP contribution in [-0.2, 0) is 5.41 Å². The molecule has 1 aromatic heterocycles. The molecule has 0 saturated carbocycles. The van der Waals surface area contributed by atoms with Crippen molar-refractivity contribution in [2.75, 3.05) is 18.5 Å². The van der Waals surface area contributed by atoms with E-state index in [0.717, 1.165) is 31.0 Å². The molecule has 0 spiro atoms. The number of rotatable bonds is 8. The lowest BCUT2D eigenvalue weighted by atomic mass is 9.96. The first-order valence-electron chi connectivity index (χ1n) is 7.73. The van der Waals surface area contributed by atoms with Crippen LogP contribution in [0.1, 0.15) is 66.1 Å². The maximum absolute atomic E-state index is 5.67. The van der Waals surface area contributed by atoms with Gasteiger partial charge in [-0.25, -0.2) is 4.98 Å². The average Bonchev–Trinajstić information content (AvgIpc) is 2.40. The number of hydrogen-bond donors (Lipinski definition) is 1. The molecule has 1 rings (SSSR count). The third-order valence-corrected chi connectivity index (χ3v) is 2.91. The molecule has 0 aromatic carbocycles. The standard InChI is InChI=1S/C16H29N3O/c1-6-8-9-10-17-13-12-14(20-11-7-2)19-15(18-13)16(3,4)5/h12H,6-11H2,1-5H3,(H,17,18,19). The summed E-state index contributed by atoms with van der Waals surface area (Å²) in [6.07, 6.45) is 4.61. The predicted octanol–water partition coefficient (Wildman–Crippen LogP) is 4.17. The van der Waals surface area contributed by atoms with E-state index in [9.17, 15) is 0 Å². The molecule has 0 unspecified atom stereocenters. The van der Waals surface area contributed by atoms with Crippen molar-refractivity contribution in [1.82, 2.24) is 9.97 Å². The summed E-state index contributed by atoms with van der Waals surface area (Å²) < 4.78 is 5.67. The van der Waals surface area contributed by atoms with Gasteiger partial charge in [-0.05, 0) is 12.8 Å². The largest absolute Gasteiger partial charge is 0.478 e. The predicted molar refractivity (Wildman–Crippen MR) is 84.5 cm³/mol. The number of anilines is 1. The number of ether oxygens (including phenoxy) is 1. The Bertz CT molecular complexity index is 399. The van der Waals surface area contributed by atoms with Gasteiger partial charge in [-0.1, -0.05) is 47.5 Å². The fourth-order valence-electron chi connectivity index (χ4n) is 1.72. The summed E-state index contributed by atoms with van der Waals surface area (Å²) in [5.41, 5.74) is -0.0779. The normalized spacial score (nSPS) is 11.4. The molecule has 0 radical (unpaired) electrons. The van der Waals surface area contributed by atoms with E-state index < -0.39 is 0 Å². The second-order valence-corrected chi connectivity index (χ2v) is 6.15. The Kier molecular flexibility index (Phi) is 6.76. The molecule has 0 fully saturated rings. The van der Waals surface area contributed by atoms with Crippen LogP contribution in [0.25, 0.3) is 0 Å². The molecule has 4 nitrogen and oxygen atoms in total. The van der Waals surface area contributed by atoms with Crippen molar-refractivity contribution in [3.05, 3.63) is 11.9 Å².